The summed E-state index contributed by atoms with van der Waals surface area (Å²) in [5, 5.41) is 14.0. The minimum Gasteiger partial charge on any atom is -0.477 e. The number of carbonyl (C=O) groups is 1. The minimum absolute atomic E-state index is 0.227. The van der Waals surface area contributed by atoms with Crippen molar-refractivity contribution in [3.63, 3.8) is 0 Å². The van der Waals surface area contributed by atoms with Crippen LogP contribution in [0.2, 0.25) is 0 Å². The Labute approximate surface area is 191 Å². The second-order valence-electron chi connectivity index (χ2n) is 9.08. The van der Waals surface area contributed by atoms with Crippen molar-refractivity contribution < 1.29 is 9.90 Å². The molecule has 0 spiro atoms. The SMILES string of the molecule is CCn1cc(C(=O)O)c(=O)c2cnc(N3CCN(C(=S)N[C@H]4C[C@H]5CC[C@H]4C5)CC3)nc21. The number of aromatic carboxylic acids is 1. The number of thiocarbonyl (C=S) groups is 1. The third-order valence-corrected chi connectivity index (χ3v) is 7.65. The van der Waals surface area contributed by atoms with Crippen molar-refractivity contribution in [1.82, 2.24) is 24.8 Å². The van der Waals surface area contributed by atoms with Crippen molar-refractivity contribution in [1.29, 1.82) is 0 Å². The molecule has 1 aliphatic heterocycles. The lowest BCUT2D eigenvalue weighted by Gasteiger charge is -2.37. The Morgan fingerprint density at radius 3 is 2.66 bits per heavy atom. The van der Waals surface area contributed by atoms with Gasteiger partial charge in [-0.05, 0) is 50.2 Å². The molecule has 2 saturated carbocycles. The summed E-state index contributed by atoms with van der Waals surface area (Å²) in [7, 11) is 0. The standard InChI is InChI=1S/C22H28N6O3S/c1-2-26-12-16(20(30)31)18(29)15-11-23-21(25-19(15)26)27-5-7-28(8-6-27)22(32)24-17-10-13-3-4-14(17)9-13/h11-14,17H,2-10H2,1H3,(H,24,32)(H,30,31)/t13-,14-,17-/m0/s1. The van der Waals surface area contributed by atoms with Gasteiger partial charge >= 0.3 is 5.97 Å². The van der Waals surface area contributed by atoms with Crippen LogP contribution in [0.15, 0.2) is 17.2 Å². The Bertz CT molecular complexity index is 1130. The highest BCUT2D eigenvalue weighted by atomic mass is 32.1. The highest BCUT2D eigenvalue weighted by Crippen LogP contribution is 2.44. The van der Waals surface area contributed by atoms with E-state index in [-0.39, 0.29) is 10.9 Å². The first-order valence-corrected chi connectivity index (χ1v) is 11.8. The zero-order valence-corrected chi connectivity index (χ0v) is 19.0. The van der Waals surface area contributed by atoms with Crippen LogP contribution < -0.4 is 15.6 Å². The molecule has 170 valence electrons. The number of nitrogens with zero attached hydrogens (tertiary/aromatic N) is 5. The van der Waals surface area contributed by atoms with Crippen molar-refractivity contribution in [2.24, 2.45) is 11.8 Å². The van der Waals surface area contributed by atoms with Gasteiger partial charge in [0.2, 0.25) is 11.4 Å². The molecule has 1 saturated heterocycles. The fraction of sp³-hybridized carbons (Fsp3) is 0.591. The molecule has 2 aromatic rings. The number of nitrogens with one attached hydrogen (secondary N) is 1. The van der Waals surface area contributed by atoms with Gasteiger partial charge in [-0.2, -0.15) is 4.98 Å². The molecule has 0 unspecified atom stereocenters. The maximum absolute atomic E-state index is 12.5. The van der Waals surface area contributed by atoms with E-state index in [1.807, 2.05) is 6.92 Å². The fourth-order valence-electron chi connectivity index (χ4n) is 5.49. The minimum atomic E-state index is -1.24. The van der Waals surface area contributed by atoms with Crippen molar-refractivity contribution >= 4 is 40.3 Å². The summed E-state index contributed by atoms with van der Waals surface area (Å²) in [4.78, 5) is 37.2. The van der Waals surface area contributed by atoms with Crippen LogP contribution in [0.5, 0.6) is 0 Å². The number of hydrogen-bond donors (Lipinski definition) is 2. The van der Waals surface area contributed by atoms with Gasteiger partial charge in [0.15, 0.2) is 5.11 Å². The van der Waals surface area contributed by atoms with E-state index >= 15 is 0 Å². The monoisotopic (exact) mass is 456 g/mol. The molecule has 3 atom stereocenters. The number of fused-ring (bicyclic) bond motifs is 3. The maximum Gasteiger partial charge on any atom is 0.341 e. The second-order valence-corrected chi connectivity index (χ2v) is 9.46. The van der Waals surface area contributed by atoms with Crippen LogP contribution in [0.3, 0.4) is 0 Å². The van der Waals surface area contributed by atoms with Crippen LogP contribution >= 0.6 is 12.2 Å². The van der Waals surface area contributed by atoms with Gasteiger partial charge < -0.3 is 24.8 Å². The Hall–Kier alpha value is -2.75. The topological polar surface area (TPSA) is 104 Å². The Morgan fingerprint density at radius 1 is 1.25 bits per heavy atom. The molecule has 5 rings (SSSR count). The molecule has 2 aliphatic carbocycles. The summed E-state index contributed by atoms with van der Waals surface area (Å²) in [6.07, 6.45) is 8.12. The van der Waals surface area contributed by atoms with E-state index in [0.717, 1.165) is 43.1 Å². The Balaban J connectivity index is 1.28. The molecule has 3 heterocycles. The van der Waals surface area contributed by atoms with Gasteiger partial charge in [0.05, 0.1) is 5.39 Å². The van der Waals surface area contributed by atoms with E-state index in [9.17, 15) is 14.7 Å². The summed E-state index contributed by atoms with van der Waals surface area (Å²) in [6.45, 7) is 5.42. The number of carboxylic acid groups (broad SMARTS) is 1. The lowest BCUT2D eigenvalue weighted by Crippen LogP contribution is -2.54. The number of anilines is 1. The van der Waals surface area contributed by atoms with Gasteiger partial charge in [-0.1, -0.05) is 6.42 Å². The summed E-state index contributed by atoms with van der Waals surface area (Å²) in [6, 6.07) is 0.532. The maximum atomic E-state index is 12.5. The Morgan fingerprint density at radius 2 is 2.03 bits per heavy atom. The van der Waals surface area contributed by atoms with Crippen LogP contribution in [-0.2, 0) is 6.54 Å². The highest BCUT2D eigenvalue weighted by Gasteiger charge is 2.40. The molecule has 3 aliphatic rings. The van der Waals surface area contributed by atoms with Gasteiger partial charge in [0.1, 0.15) is 11.2 Å². The zero-order chi connectivity index (χ0) is 22.4. The molecule has 0 amide bonds. The third-order valence-electron chi connectivity index (χ3n) is 7.27. The van der Waals surface area contributed by atoms with Crippen molar-refractivity contribution in [3.8, 4) is 0 Å². The van der Waals surface area contributed by atoms with Crippen LogP contribution in [0.1, 0.15) is 43.0 Å². The number of piperazine rings is 1. The average Bonchev–Trinajstić information content (AvgIpc) is 3.42. The number of aromatic nitrogens is 3. The largest absolute Gasteiger partial charge is 0.477 e. The molecule has 32 heavy (non-hydrogen) atoms. The van der Waals surface area contributed by atoms with Crippen LogP contribution in [0, 0.1) is 11.8 Å². The first kappa shape index (κ1) is 21.1. The first-order valence-electron chi connectivity index (χ1n) is 11.4. The average molecular weight is 457 g/mol. The number of hydrogen-bond acceptors (Lipinski definition) is 6. The Kier molecular flexibility index (Phi) is 5.48. The molecular formula is C22H28N6O3S. The normalized spacial score (nSPS) is 24.8. The molecular weight excluding hydrogens is 428 g/mol. The summed E-state index contributed by atoms with van der Waals surface area (Å²) in [5.74, 6) is 0.973. The van der Waals surface area contributed by atoms with Gasteiger partial charge in [0, 0.05) is 51.2 Å². The van der Waals surface area contributed by atoms with Gasteiger partial charge in [-0.25, -0.2) is 9.78 Å². The van der Waals surface area contributed by atoms with Crippen molar-refractivity contribution in [2.75, 3.05) is 31.1 Å². The fourth-order valence-corrected chi connectivity index (χ4v) is 5.82. The number of pyridine rings is 1. The lowest BCUT2D eigenvalue weighted by molar-refractivity contribution is 0.0695. The van der Waals surface area contributed by atoms with Crippen molar-refractivity contribution in [2.45, 2.75) is 45.2 Å². The summed E-state index contributed by atoms with van der Waals surface area (Å²) < 4.78 is 1.69. The quantitative estimate of drug-likeness (QED) is 0.665. The zero-order valence-electron chi connectivity index (χ0n) is 18.2. The highest BCUT2D eigenvalue weighted by molar-refractivity contribution is 7.80. The number of aryl methyl sites for hydroxylation is 1. The molecule has 2 N–H and O–H groups in total. The van der Waals surface area contributed by atoms with E-state index in [1.165, 1.54) is 38.1 Å². The van der Waals surface area contributed by atoms with E-state index < -0.39 is 11.4 Å². The van der Waals surface area contributed by atoms with E-state index in [2.05, 4.69) is 25.1 Å². The lowest BCUT2D eigenvalue weighted by atomic mass is 9.95. The van der Waals surface area contributed by atoms with Crippen LogP contribution in [-0.4, -0.2) is 67.8 Å². The van der Waals surface area contributed by atoms with E-state index in [0.29, 0.717) is 24.2 Å². The van der Waals surface area contributed by atoms with Gasteiger partial charge in [-0.3, -0.25) is 4.79 Å². The van der Waals surface area contributed by atoms with Gasteiger partial charge in [-0.15, -0.1) is 0 Å². The molecule has 0 aromatic carbocycles. The molecule has 10 heteroatoms. The summed E-state index contributed by atoms with van der Waals surface area (Å²) >= 11 is 5.70. The van der Waals surface area contributed by atoms with Crippen LogP contribution in [0.4, 0.5) is 5.95 Å². The second kappa shape index (κ2) is 8.31. The molecule has 0 radical (unpaired) electrons. The first-order chi connectivity index (χ1) is 15.4. The third kappa shape index (κ3) is 3.70. The number of rotatable bonds is 4. The van der Waals surface area contributed by atoms with Crippen molar-refractivity contribution in [3.05, 3.63) is 28.2 Å². The van der Waals surface area contributed by atoms with E-state index in [4.69, 9.17) is 12.2 Å². The smallest absolute Gasteiger partial charge is 0.341 e. The molecule has 3 fully saturated rings. The summed E-state index contributed by atoms with van der Waals surface area (Å²) in [5.41, 5.74) is -0.352. The molecule has 2 aromatic heterocycles. The predicted octanol–water partition coefficient (Wildman–Crippen LogP) is 1.69. The van der Waals surface area contributed by atoms with Gasteiger partial charge in [0.25, 0.3) is 0 Å². The number of carboxylic acids is 1. The molecule has 2 bridgehead atoms. The predicted molar refractivity (Wildman–Crippen MR) is 125 cm³/mol. The van der Waals surface area contributed by atoms with Crippen LogP contribution in [0.25, 0.3) is 11.0 Å². The molecule has 9 nitrogen and oxygen atoms in total. The van der Waals surface area contributed by atoms with E-state index in [1.54, 1.807) is 4.57 Å².